The Morgan fingerprint density at radius 2 is 1.77 bits per heavy atom. The lowest BCUT2D eigenvalue weighted by atomic mass is 10.1. The molecule has 2 N–H and O–H groups in total. The minimum absolute atomic E-state index is 0.0165. The highest BCUT2D eigenvalue weighted by Crippen LogP contribution is 2.29. The highest BCUT2D eigenvalue weighted by molar-refractivity contribution is 7.92. The zero-order valence-electron chi connectivity index (χ0n) is 17.4. The molecule has 0 aliphatic carbocycles. The number of morpholine rings is 1. The van der Waals surface area contributed by atoms with Crippen LogP contribution < -0.4 is 9.46 Å². The molecule has 0 saturated carbocycles. The first kappa shape index (κ1) is 22.6. The largest absolute Gasteiger partial charge is 0.495 e. The van der Waals surface area contributed by atoms with Crippen LogP contribution in [0.15, 0.2) is 47.4 Å². The summed E-state index contributed by atoms with van der Waals surface area (Å²) >= 11 is 0. The van der Waals surface area contributed by atoms with Crippen molar-refractivity contribution in [2.75, 3.05) is 24.9 Å². The molecule has 2 unspecified atom stereocenters. The number of carbonyl (C=O) groups excluding carboxylic acids is 1. The number of sulfonamides is 1. The molecule has 0 aromatic heterocycles. The van der Waals surface area contributed by atoms with Crippen molar-refractivity contribution < 1.29 is 32.6 Å². The molecule has 9 nitrogen and oxygen atoms in total. The van der Waals surface area contributed by atoms with Gasteiger partial charge in [0, 0.05) is 13.1 Å². The van der Waals surface area contributed by atoms with E-state index in [0.29, 0.717) is 13.1 Å². The number of carbonyl (C=O) groups is 2. The summed E-state index contributed by atoms with van der Waals surface area (Å²) in [5.74, 6) is -1.62. The van der Waals surface area contributed by atoms with E-state index in [0.717, 1.165) is 6.07 Å². The first-order chi connectivity index (χ1) is 14.6. The smallest absolute Gasteiger partial charge is 0.335 e. The molecule has 2 atom stereocenters. The summed E-state index contributed by atoms with van der Waals surface area (Å²) < 4.78 is 39.3. The predicted octanol–water partition coefficient (Wildman–Crippen LogP) is 2.44. The molecular weight excluding hydrogens is 424 g/mol. The van der Waals surface area contributed by atoms with E-state index in [4.69, 9.17) is 9.47 Å². The van der Waals surface area contributed by atoms with Gasteiger partial charge in [-0.05, 0) is 44.2 Å². The number of ether oxygens (including phenoxy) is 2. The van der Waals surface area contributed by atoms with Crippen LogP contribution in [0, 0.1) is 0 Å². The van der Waals surface area contributed by atoms with Gasteiger partial charge in [-0.3, -0.25) is 9.52 Å². The number of carboxylic acids is 1. The van der Waals surface area contributed by atoms with Crippen molar-refractivity contribution in [3.05, 3.63) is 53.6 Å². The van der Waals surface area contributed by atoms with E-state index in [1.54, 1.807) is 17.0 Å². The van der Waals surface area contributed by atoms with Gasteiger partial charge in [-0.1, -0.05) is 12.1 Å². The second kappa shape index (κ2) is 8.94. The molecule has 1 aliphatic rings. The lowest BCUT2D eigenvalue weighted by Crippen LogP contribution is -2.48. The first-order valence-corrected chi connectivity index (χ1v) is 11.1. The summed E-state index contributed by atoms with van der Waals surface area (Å²) in [7, 11) is -2.97. The molecule has 31 heavy (non-hydrogen) atoms. The van der Waals surface area contributed by atoms with Gasteiger partial charge >= 0.3 is 5.97 Å². The number of methoxy groups -OCH3 is 1. The van der Waals surface area contributed by atoms with Crippen molar-refractivity contribution in [3.63, 3.8) is 0 Å². The zero-order chi connectivity index (χ0) is 22.8. The molecule has 3 rings (SSSR count). The Morgan fingerprint density at radius 3 is 2.39 bits per heavy atom. The van der Waals surface area contributed by atoms with E-state index in [2.05, 4.69) is 4.72 Å². The third kappa shape index (κ3) is 4.97. The quantitative estimate of drug-likeness (QED) is 0.696. The van der Waals surface area contributed by atoms with Crippen LogP contribution in [0.2, 0.25) is 0 Å². The van der Waals surface area contributed by atoms with Crippen molar-refractivity contribution in [2.24, 2.45) is 0 Å². The number of amides is 1. The van der Waals surface area contributed by atoms with Gasteiger partial charge in [0.15, 0.2) is 0 Å². The Balaban J connectivity index is 1.96. The number of aromatic carboxylic acids is 1. The van der Waals surface area contributed by atoms with Crippen molar-refractivity contribution in [1.82, 2.24) is 4.90 Å². The van der Waals surface area contributed by atoms with Crippen LogP contribution >= 0.6 is 0 Å². The number of benzene rings is 2. The highest BCUT2D eigenvalue weighted by Gasteiger charge is 2.29. The van der Waals surface area contributed by atoms with E-state index in [1.807, 2.05) is 13.8 Å². The minimum atomic E-state index is -4.25. The van der Waals surface area contributed by atoms with Gasteiger partial charge < -0.3 is 19.5 Å². The standard InChI is InChI=1S/C21H24N2O7S/c1-13-11-23(12-14(2)30-13)20(24)16-6-4-5-7-17(16)22-31(27,28)19-10-15(21(25)26)8-9-18(19)29-3/h4-10,13-14,22H,11-12H2,1-3H3,(H,25,26). The number of nitrogens with zero attached hydrogens (tertiary/aromatic N) is 1. The van der Waals surface area contributed by atoms with Gasteiger partial charge in [0.2, 0.25) is 0 Å². The number of hydrogen-bond donors (Lipinski definition) is 2. The fourth-order valence-corrected chi connectivity index (χ4v) is 4.77. The second-order valence-corrected chi connectivity index (χ2v) is 8.94. The number of para-hydroxylation sites is 1. The summed E-state index contributed by atoms with van der Waals surface area (Å²) in [6, 6.07) is 9.79. The SMILES string of the molecule is COc1ccc(C(=O)O)cc1S(=O)(=O)Nc1ccccc1C(=O)N1CC(C)OC(C)C1. The number of anilines is 1. The van der Waals surface area contributed by atoms with Crippen LogP contribution in [0.5, 0.6) is 5.75 Å². The van der Waals surface area contributed by atoms with Crippen molar-refractivity contribution in [3.8, 4) is 5.75 Å². The van der Waals surface area contributed by atoms with Crippen molar-refractivity contribution in [2.45, 2.75) is 31.0 Å². The van der Waals surface area contributed by atoms with Crippen LogP contribution in [0.3, 0.4) is 0 Å². The van der Waals surface area contributed by atoms with Crippen molar-refractivity contribution >= 4 is 27.6 Å². The molecule has 166 valence electrons. The van der Waals surface area contributed by atoms with Crippen LogP contribution in [-0.2, 0) is 14.8 Å². The van der Waals surface area contributed by atoms with Crippen molar-refractivity contribution in [1.29, 1.82) is 0 Å². The Bertz CT molecular complexity index is 1090. The van der Waals surface area contributed by atoms with Gasteiger partial charge in [-0.2, -0.15) is 0 Å². The van der Waals surface area contributed by atoms with Crippen LogP contribution in [-0.4, -0.2) is 62.7 Å². The van der Waals surface area contributed by atoms with E-state index in [-0.39, 0.29) is 45.6 Å². The molecule has 1 heterocycles. The van der Waals surface area contributed by atoms with Gasteiger partial charge in [0.25, 0.3) is 15.9 Å². The fraction of sp³-hybridized carbons (Fsp3) is 0.333. The Labute approximate surface area is 180 Å². The number of carboxylic acid groups (broad SMARTS) is 1. The normalized spacial score (nSPS) is 19.0. The lowest BCUT2D eigenvalue weighted by molar-refractivity contribution is -0.0585. The van der Waals surface area contributed by atoms with E-state index < -0.39 is 16.0 Å². The molecule has 2 aromatic rings. The Kier molecular flexibility index (Phi) is 6.51. The zero-order valence-corrected chi connectivity index (χ0v) is 18.2. The number of hydrogen-bond acceptors (Lipinski definition) is 6. The monoisotopic (exact) mass is 448 g/mol. The third-order valence-electron chi connectivity index (χ3n) is 4.81. The molecule has 10 heteroatoms. The Hall–Kier alpha value is -3.11. The molecule has 0 bridgehead atoms. The molecule has 1 saturated heterocycles. The Morgan fingerprint density at radius 1 is 1.13 bits per heavy atom. The summed E-state index contributed by atoms with van der Waals surface area (Å²) in [5, 5.41) is 9.22. The van der Waals surface area contributed by atoms with Crippen LogP contribution in [0.25, 0.3) is 0 Å². The third-order valence-corrected chi connectivity index (χ3v) is 6.20. The van der Waals surface area contributed by atoms with Gasteiger partial charge in [0.05, 0.1) is 36.1 Å². The molecule has 1 aliphatic heterocycles. The summed E-state index contributed by atoms with van der Waals surface area (Å²) in [6.45, 7) is 4.51. The maximum Gasteiger partial charge on any atom is 0.335 e. The highest BCUT2D eigenvalue weighted by atomic mass is 32.2. The summed E-state index contributed by atoms with van der Waals surface area (Å²) in [6.07, 6.45) is -0.279. The number of rotatable bonds is 6. The average Bonchev–Trinajstić information content (AvgIpc) is 2.72. The molecule has 1 amide bonds. The van der Waals surface area contributed by atoms with Gasteiger partial charge in [-0.25, -0.2) is 13.2 Å². The summed E-state index contributed by atoms with van der Waals surface area (Å²) in [4.78, 5) is 25.7. The topological polar surface area (TPSA) is 122 Å². The van der Waals surface area contributed by atoms with E-state index >= 15 is 0 Å². The number of nitrogens with one attached hydrogen (secondary N) is 1. The van der Waals surface area contributed by atoms with Crippen LogP contribution in [0.4, 0.5) is 5.69 Å². The molecular formula is C21H24N2O7S. The van der Waals surface area contributed by atoms with Gasteiger partial charge in [-0.15, -0.1) is 0 Å². The lowest BCUT2D eigenvalue weighted by Gasteiger charge is -2.35. The predicted molar refractivity (Wildman–Crippen MR) is 113 cm³/mol. The first-order valence-electron chi connectivity index (χ1n) is 9.60. The van der Waals surface area contributed by atoms with E-state index in [9.17, 15) is 23.1 Å². The molecule has 2 aromatic carbocycles. The average molecular weight is 448 g/mol. The minimum Gasteiger partial charge on any atom is -0.495 e. The molecule has 0 spiro atoms. The maximum absolute atomic E-state index is 13.1. The molecule has 1 fully saturated rings. The fourth-order valence-electron chi connectivity index (χ4n) is 3.49. The maximum atomic E-state index is 13.1. The second-order valence-electron chi connectivity index (χ2n) is 7.29. The van der Waals surface area contributed by atoms with E-state index in [1.165, 1.54) is 31.4 Å². The summed E-state index contributed by atoms with van der Waals surface area (Å²) in [5.41, 5.74) is 0.0599. The van der Waals surface area contributed by atoms with Gasteiger partial charge in [0.1, 0.15) is 10.6 Å². The molecule has 0 radical (unpaired) electrons. The van der Waals surface area contributed by atoms with Crippen LogP contribution in [0.1, 0.15) is 34.6 Å².